The van der Waals surface area contributed by atoms with E-state index in [0.717, 1.165) is 31.4 Å². The number of aliphatic carboxylic acids is 1. The maximum Gasteiger partial charge on any atom is 0.407 e. The molecule has 7 nitrogen and oxygen atoms in total. The number of carbonyl (C=O) groups excluding carboxylic acids is 2. The van der Waals surface area contributed by atoms with E-state index in [1.807, 2.05) is 67.6 Å². The van der Waals surface area contributed by atoms with Gasteiger partial charge in [0.2, 0.25) is 5.91 Å². The molecular formula is C26H23IN2O5. The van der Waals surface area contributed by atoms with Crippen LogP contribution in [0.3, 0.4) is 0 Å². The molecule has 3 aromatic carbocycles. The van der Waals surface area contributed by atoms with Gasteiger partial charge in [0, 0.05) is 15.2 Å². The van der Waals surface area contributed by atoms with Gasteiger partial charge < -0.3 is 20.5 Å². The van der Waals surface area contributed by atoms with Crippen LogP contribution in [0.1, 0.15) is 29.0 Å². The Kier molecular flexibility index (Phi) is 7.16. The van der Waals surface area contributed by atoms with Gasteiger partial charge in [0.05, 0.1) is 6.42 Å². The van der Waals surface area contributed by atoms with Crippen LogP contribution in [0.4, 0.5) is 10.5 Å². The number of hydrogen-bond acceptors (Lipinski definition) is 4. The predicted octanol–water partition coefficient (Wildman–Crippen LogP) is 4.92. The number of carbonyl (C=O) groups is 3. The molecule has 8 heteroatoms. The zero-order valence-electron chi connectivity index (χ0n) is 18.4. The standard InChI is InChI=1S/C26H23IN2O5/c1-15-12-16(27)10-11-22(15)28-25(32)23(13-24(30)31)29-26(33)34-14-21-19-8-4-2-6-17(19)18-7-3-5-9-20(18)21/h2-12,21,23H,13-14H2,1H3,(H,28,32)(H,29,33)(H,30,31). The number of carboxylic acid groups (broad SMARTS) is 1. The van der Waals surface area contributed by atoms with Crippen LogP contribution in [0, 0.1) is 10.5 Å². The molecule has 1 atom stereocenters. The highest BCUT2D eigenvalue weighted by molar-refractivity contribution is 14.1. The van der Waals surface area contributed by atoms with Gasteiger partial charge in [-0.1, -0.05) is 48.5 Å². The molecule has 34 heavy (non-hydrogen) atoms. The Morgan fingerprint density at radius 1 is 1.00 bits per heavy atom. The molecule has 0 saturated carbocycles. The number of fused-ring (bicyclic) bond motifs is 3. The van der Waals surface area contributed by atoms with Crippen molar-refractivity contribution in [2.75, 3.05) is 11.9 Å². The highest BCUT2D eigenvalue weighted by atomic mass is 127. The normalized spacial score (nSPS) is 12.9. The summed E-state index contributed by atoms with van der Waals surface area (Å²) in [5.74, 6) is -1.97. The first-order chi connectivity index (χ1) is 16.3. The minimum absolute atomic E-state index is 0.0670. The number of amides is 2. The third-order valence-electron chi connectivity index (χ3n) is 5.78. The fourth-order valence-electron chi connectivity index (χ4n) is 4.15. The zero-order valence-corrected chi connectivity index (χ0v) is 20.5. The number of aryl methyl sites for hydroxylation is 1. The van der Waals surface area contributed by atoms with Crippen molar-refractivity contribution in [2.24, 2.45) is 0 Å². The third kappa shape index (κ3) is 5.22. The van der Waals surface area contributed by atoms with E-state index in [-0.39, 0.29) is 12.5 Å². The van der Waals surface area contributed by atoms with Crippen LogP contribution in [0.25, 0.3) is 11.1 Å². The van der Waals surface area contributed by atoms with E-state index in [1.54, 1.807) is 6.07 Å². The largest absolute Gasteiger partial charge is 0.481 e. The summed E-state index contributed by atoms with van der Waals surface area (Å²) in [6, 6.07) is 20.1. The molecule has 1 aliphatic carbocycles. The third-order valence-corrected chi connectivity index (χ3v) is 6.45. The molecule has 3 aromatic rings. The number of benzene rings is 3. The summed E-state index contributed by atoms with van der Waals surface area (Å²) in [5, 5.41) is 14.4. The number of hydrogen-bond donors (Lipinski definition) is 3. The molecule has 0 saturated heterocycles. The van der Waals surface area contributed by atoms with Gasteiger partial charge in [-0.15, -0.1) is 0 Å². The summed E-state index contributed by atoms with van der Waals surface area (Å²) in [7, 11) is 0. The molecule has 4 rings (SSSR count). The summed E-state index contributed by atoms with van der Waals surface area (Å²) in [6.45, 7) is 1.90. The SMILES string of the molecule is Cc1cc(I)ccc1NC(=O)C(CC(=O)O)NC(=O)OCC1c2ccccc2-c2ccccc21. The molecule has 0 radical (unpaired) electrons. The van der Waals surface area contributed by atoms with Crippen molar-refractivity contribution < 1.29 is 24.2 Å². The van der Waals surface area contributed by atoms with Crippen LogP contribution in [-0.4, -0.2) is 35.7 Å². The number of alkyl carbamates (subject to hydrolysis) is 1. The van der Waals surface area contributed by atoms with Crippen LogP contribution in [0.15, 0.2) is 66.7 Å². The molecule has 0 bridgehead atoms. The van der Waals surface area contributed by atoms with Crippen LogP contribution in [0.2, 0.25) is 0 Å². The van der Waals surface area contributed by atoms with Gasteiger partial charge in [-0.2, -0.15) is 0 Å². The summed E-state index contributed by atoms with van der Waals surface area (Å²) < 4.78 is 6.47. The lowest BCUT2D eigenvalue weighted by atomic mass is 9.98. The number of nitrogens with one attached hydrogen (secondary N) is 2. The molecular weight excluding hydrogens is 547 g/mol. The van der Waals surface area contributed by atoms with E-state index in [4.69, 9.17) is 4.74 Å². The molecule has 0 heterocycles. The number of carboxylic acids is 1. The second-order valence-electron chi connectivity index (χ2n) is 8.07. The molecule has 1 aliphatic rings. The zero-order chi connectivity index (χ0) is 24.2. The molecule has 174 valence electrons. The minimum Gasteiger partial charge on any atom is -0.481 e. The van der Waals surface area contributed by atoms with Crippen LogP contribution in [0.5, 0.6) is 0 Å². The minimum atomic E-state index is -1.29. The lowest BCUT2D eigenvalue weighted by Gasteiger charge is -2.19. The first-order valence-electron chi connectivity index (χ1n) is 10.7. The highest BCUT2D eigenvalue weighted by Crippen LogP contribution is 2.44. The Morgan fingerprint density at radius 2 is 1.62 bits per heavy atom. The second-order valence-corrected chi connectivity index (χ2v) is 9.31. The summed E-state index contributed by atoms with van der Waals surface area (Å²) in [4.78, 5) is 36.7. The Hall–Kier alpha value is -3.40. The van der Waals surface area contributed by atoms with E-state index in [9.17, 15) is 19.5 Å². The van der Waals surface area contributed by atoms with Crippen LogP contribution >= 0.6 is 22.6 Å². The van der Waals surface area contributed by atoms with Crippen molar-refractivity contribution in [1.82, 2.24) is 5.32 Å². The van der Waals surface area contributed by atoms with Crippen LogP contribution in [-0.2, 0) is 14.3 Å². The number of ether oxygens (including phenoxy) is 1. The first kappa shape index (κ1) is 23.7. The van der Waals surface area contributed by atoms with E-state index in [0.29, 0.717) is 5.69 Å². The van der Waals surface area contributed by atoms with Crippen molar-refractivity contribution in [3.05, 3.63) is 87.0 Å². The smallest absolute Gasteiger partial charge is 0.407 e. The van der Waals surface area contributed by atoms with Gasteiger partial charge in [0.15, 0.2) is 0 Å². The van der Waals surface area contributed by atoms with Crippen molar-refractivity contribution in [1.29, 1.82) is 0 Å². The Balaban J connectivity index is 1.43. The highest BCUT2D eigenvalue weighted by Gasteiger charge is 2.30. The second kappa shape index (κ2) is 10.3. The summed E-state index contributed by atoms with van der Waals surface area (Å²) in [5.41, 5.74) is 5.70. The molecule has 0 aromatic heterocycles. The predicted molar refractivity (Wildman–Crippen MR) is 137 cm³/mol. The quantitative estimate of drug-likeness (QED) is 0.350. The Labute approximate surface area is 210 Å². The summed E-state index contributed by atoms with van der Waals surface area (Å²) in [6.07, 6.45) is -1.41. The van der Waals surface area contributed by atoms with Crippen molar-refractivity contribution in [2.45, 2.75) is 25.3 Å². The monoisotopic (exact) mass is 570 g/mol. The van der Waals surface area contributed by atoms with Gasteiger partial charge >= 0.3 is 12.1 Å². The Bertz CT molecular complexity index is 1210. The maximum atomic E-state index is 12.8. The van der Waals surface area contributed by atoms with E-state index in [1.165, 1.54) is 0 Å². The van der Waals surface area contributed by atoms with Gasteiger partial charge in [-0.3, -0.25) is 9.59 Å². The van der Waals surface area contributed by atoms with Gasteiger partial charge in [0.1, 0.15) is 12.6 Å². The summed E-state index contributed by atoms with van der Waals surface area (Å²) >= 11 is 2.16. The van der Waals surface area contributed by atoms with Crippen molar-refractivity contribution in [3.8, 4) is 11.1 Å². The van der Waals surface area contributed by atoms with E-state index in [2.05, 4.69) is 33.2 Å². The molecule has 0 aliphatic heterocycles. The van der Waals surface area contributed by atoms with Crippen molar-refractivity contribution in [3.63, 3.8) is 0 Å². The fourth-order valence-corrected chi connectivity index (χ4v) is 4.80. The Morgan fingerprint density at radius 3 is 2.21 bits per heavy atom. The van der Waals surface area contributed by atoms with Crippen molar-refractivity contribution >= 4 is 46.2 Å². The van der Waals surface area contributed by atoms with Gasteiger partial charge in [0.25, 0.3) is 0 Å². The molecule has 3 N–H and O–H groups in total. The number of rotatable bonds is 7. The topological polar surface area (TPSA) is 105 Å². The molecule has 0 fully saturated rings. The number of anilines is 1. The van der Waals surface area contributed by atoms with Gasteiger partial charge in [-0.25, -0.2) is 4.79 Å². The first-order valence-corrected chi connectivity index (χ1v) is 11.8. The lowest BCUT2D eigenvalue weighted by Crippen LogP contribution is -2.45. The lowest BCUT2D eigenvalue weighted by molar-refractivity contribution is -0.139. The fraction of sp³-hybridized carbons (Fsp3) is 0.192. The molecule has 1 unspecified atom stereocenters. The van der Waals surface area contributed by atoms with E-state index >= 15 is 0 Å². The maximum absolute atomic E-state index is 12.8. The van der Waals surface area contributed by atoms with Crippen LogP contribution < -0.4 is 10.6 Å². The number of halogens is 1. The molecule has 0 spiro atoms. The van der Waals surface area contributed by atoms with Gasteiger partial charge in [-0.05, 0) is 75.5 Å². The van der Waals surface area contributed by atoms with E-state index < -0.39 is 30.4 Å². The average Bonchev–Trinajstić information content (AvgIpc) is 3.12. The molecule has 2 amide bonds. The average molecular weight is 570 g/mol.